The second-order valence-corrected chi connectivity index (χ2v) is 5.70. The summed E-state index contributed by atoms with van der Waals surface area (Å²) in [4.78, 5) is 25.4. The Kier molecular flexibility index (Phi) is 6.49. The number of aromatic nitrogens is 2. The van der Waals surface area contributed by atoms with Crippen LogP contribution in [0, 0.1) is 13.8 Å². The fourth-order valence-electron chi connectivity index (χ4n) is 2.16. The van der Waals surface area contributed by atoms with Crippen molar-refractivity contribution in [3.8, 4) is 0 Å². The Labute approximate surface area is 141 Å². The van der Waals surface area contributed by atoms with Gasteiger partial charge in [-0.25, -0.2) is 4.68 Å². The Morgan fingerprint density at radius 1 is 1.16 bits per heavy atom. The predicted octanol–water partition coefficient (Wildman–Crippen LogP) is 1.92. The van der Waals surface area contributed by atoms with Gasteiger partial charge in [-0.15, -0.1) is 0 Å². The lowest BCUT2D eigenvalue weighted by atomic mass is 10.1. The molecule has 0 aliphatic heterocycles. The van der Waals surface area contributed by atoms with Gasteiger partial charge in [0, 0.05) is 25.4 Å². The molecule has 6 nitrogen and oxygen atoms in total. The molecule has 0 saturated heterocycles. The van der Waals surface area contributed by atoms with E-state index >= 15 is 0 Å². The number of likely N-dealkylation sites (N-methyl/N-ethyl adjacent to an activating group) is 1. The van der Waals surface area contributed by atoms with Crippen molar-refractivity contribution in [2.24, 2.45) is 0 Å². The lowest BCUT2D eigenvalue weighted by Crippen LogP contribution is -2.45. The third-order valence-corrected chi connectivity index (χ3v) is 3.54. The zero-order chi connectivity index (χ0) is 19.5. The molecule has 0 aliphatic rings. The summed E-state index contributed by atoms with van der Waals surface area (Å²) >= 11 is 0. The van der Waals surface area contributed by atoms with Crippen molar-refractivity contribution < 1.29 is 31.5 Å². The number of alkyl halides is 5. The third kappa shape index (κ3) is 5.68. The van der Waals surface area contributed by atoms with Crippen molar-refractivity contribution in [3.05, 3.63) is 17.0 Å². The Bertz CT molecular complexity index is 640. The maximum absolute atomic E-state index is 12.8. The highest BCUT2D eigenvalue weighted by molar-refractivity contribution is 5.86. The Morgan fingerprint density at radius 3 is 2.12 bits per heavy atom. The van der Waals surface area contributed by atoms with E-state index in [0.29, 0.717) is 9.58 Å². The van der Waals surface area contributed by atoms with Crippen LogP contribution >= 0.6 is 0 Å². The molecule has 0 aliphatic carbocycles. The summed E-state index contributed by atoms with van der Waals surface area (Å²) in [7, 11) is 2.69. The summed E-state index contributed by atoms with van der Waals surface area (Å²) in [5.74, 6) is -1.68. The van der Waals surface area contributed by atoms with Gasteiger partial charge in [-0.3, -0.25) is 9.59 Å². The number of nitrogens with zero attached hydrogens (tertiary/aromatic N) is 4. The van der Waals surface area contributed by atoms with Gasteiger partial charge in [-0.2, -0.15) is 27.1 Å². The van der Waals surface area contributed by atoms with Crippen LogP contribution < -0.4 is 0 Å². The maximum atomic E-state index is 12.8. The van der Waals surface area contributed by atoms with Crippen molar-refractivity contribution in [1.82, 2.24) is 19.6 Å². The number of carbonyl (C=O) groups excluding carboxylic acids is 2. The predicted molar refractivity (Wildman–Crippen MR) is 78.0 cm³/mol. The van der Waals surface area contributed by atoms with E-state index in [4.69, 9.17) is 0 Å². The highest BCUT2D eigenvalue weighted by atomic mass is 19.4. The molecule has 0 radical (unpaired) electrons. The van der Waals surface area contributed by atoms with Crippen LogP contribution in [0.15, 0.2) is 0 Å². The first-order valence-electron chi connectivity index (χ1n) is 7.21. The zero-order valence-corrected chi connectivity index (χ0v) is 14.2. The highest BCUT2D eigenvalue weighted by Gasteiger charge is 2.34. The number of hydrogen-bond donors (Lipinski definition) is 0. The van der Waals surface area contributed by atoms with Crippen LogP contribution in [0.25, 0.3) is 0 Å². The van der Waals surface area contributed by atoms with Crippen LogP contribution in [0.5, 0.6) is 0 Å². The highest BCUT2D eigenvalue weighted by Crippen LogP contribution is 2.22. The van der Waals surface area contributed by atoms with E-state index in [-0.39, 0.29) is 17.0 Å². The molecule has 142 valence electrons. The third-order valence-electron chi connectivity index (χ3n) is 3.54. The number of aryl methyl sites for hydroxylation is 1. The smallest absolute Gasteiger partial charge is 0.347 e. The van der Waals surface area contributed by atoms with Gasteiger partial charge in [0.15, 0.2) is 0 Å². The first-order valence-corrected chi connectivity index (χ1v) is 7.21. The van der Waals surface area contributed by atoms with Gasteiger partial charge in [0.1, 0.15) is 13.1 Å². The fraction of sp³-hybridized carbons (Fsp3) is 0.643. The van der Waals surface area contributed by atoms with Crippen LogP contribution in [-0.4, -0.2) is 64.8 Å². The van der Waals surface area contributed by atoms with Crippen molar-refractivity contribution >= 4 is 11.8 Å². The molecule has 0 aromatic carbocycles. The van der Waals surface area contributed by atoms with Crippen LogP contribution in [-0.2, 0) is 16.0 Å². The fourth-order valence-corrected chi connectivity index (χ4v) is 2.16. The van der Waals surface area contributed by atoms with Crippen LogP contribution in [0.2, 0.25) is 0 Å². The average Bonchev–Trinajstić information content (AvgIpc) is 2.73. The normalized spacial score (nSPS) is 11.8. The van der Waals surface area contributed by atoms with E-state index in [1.807, 2.05) is 0 Å². The van der Waals surface area contributed by atoms with E-state index in [1.165, 1.54) is 27.9 Å². The second-order valence-electron chi connectivity index (χ2n) is 5.70. The zero-order valence-electron chi connectivity index (χ0n) is 14.2. The molecule has 0 atom stereocenters. The van der Waals surface area contributed by atoms with Gasteiger partial charge in [0.25, 0.3) is 0 Å². The van der Waals surface area contributed by atoms with E-state index < -0.39 is 44.1 Å². The molecule has 1 aromatic heterocycles. The Balaban J connectivity index is 3.04. The molecule has 0 fully saturated rings. The first kappa shape index (κ1) is 20.8. The molecular weight excluding hydrogens is 351 g/mol. The summed E-state index contributed by atoms with van der Waals surface area (Å²) in [6.07, 6.45) is -5.25. The van der Waals surface area contributed by atoms with Crippen molar-refractivity contribution in [3.63, 3.8) is 0 Å². The molecule has 2 amide bonds. The van der Waals surface area contributed by atoms with E-state index in [0.717, 1.165) is 4.90 Å². The molecule has 1 heterocycles. The first-order chi connectivity index (χ1) is 11.3. The molecule has 0 saturated carbocycles. The molecule has 0 spiro atoms. The molecular formula is C14H19F5N4O2. The van der Waals surface area contributed by atoms with Crippen molar-refractivity contribution in [1.29, 1.82) is 0 Å². The summed E-state index contributed by atoms with van der Waals surface area (Å²) < 4.78 is 64.1. The average molecular weight is 370 g/mol. The van der Waals surface area contributed by atoms with E-state index in [2.05, 4.69) is 5.10 Å². The minimum Gasteiger partial charge on any atom is -0.347 e. The van der Waals surface area contributed by atoms with Crippen LogP contribution in [0.4, 0.5) is 22.0 Å². The number of rotatable bonds is 6. The van der Waals surface area contributed by atoms with E-state index in [9.17, 15) is 31.5 Å². The summed E-state index contributed by atoms with van der Waals surface area (Å²) in [6.45, 7) is -2.61. The number of amides is 2. The monoisotopic (exact) mass is 370 g/mol. The molecule has 1 aromatic rings. The van der Waals surface area contributed by atoms with Gasteiger partial charge < -0.3 is 9.80 Å². The van der Waals surface area contributed by atoms with Gasteiger partial charge >= 0.3 is 12.7 Å². The number of halogens is 5. The Morgan fingerprint density at radius 2 is 1.72 bits per heavy atom. The van der Waals surface area contributed by atoms with Crippen LogP contribution in [0.1, 0.15) is 23.5 Å². The topological polar surface area (TPSA) is 58.4 Å². The quantitative estimate of drug-likeness (QED) is 0.719. The minimum absolute atomic E-state index is 0.00764. The molecule has 0 unspecified atom stereocenters. The molecule has 0 N–H and O–H groups in total. The Hall–Kier alpha value is -2.20. The number of hydrogen-bond acceptors (Lipinski definition) is 3. The molecule has 11 heteroatoms. The van der Waals surface area contributed by atoms with E-state index in [1.54, 1.807) is 0 Å². The summed E-state index contributed by atoms with van der Waals surface area (Å²) in [5, 5.41) is 3.58. The summed E-state index contributed by atoms with van der Waals surface area (Å²) in [5.41, 5.74) is 0.235. The number of carbonyl (C=O) groups is 2. The lowest BCUT2D eigenvalue weighted by molar-refractivity contribution is -0.163. The van der Waals surface area contributed by atoms with Crippen molar-refractivity contribution in [2.75, 3.05) is 27.2 Å². The molecule has 25 heavy (non-hydrogen) atoms. The van der Waals surface area contributed by atoms with Gasteiger partial charge in [-0.05, 0) is 13.8 Å². The lowest BCUT2D eigenvalue weighted by Gasteiger charge is -2.25. The van der Waals surface area contributed by atoms with Gasteiger partial charge in [0.05, 0.1) is 12.1 Å². The SMILES string of the molecule is Cc1nn(C(F)F)c(C)c1CC(=O)N(CC(=O)N(C)C)CC(F)(F)F. The molecule has 0 bridgehead atoms. The van der Waals surface area contributed by atoms with Gasteiger partial charge in [0.2, 0.25) is 11.8 Å². The van der Waals surface area contributed by atoms with Gasteiger partial charge in [-0.1, -0.05) is 0 Å². The summed E-state index contributed by atoms with van der Waals surface area (Å²) in [6, 6.07) is 0. The minimum atomic E-state index is -4.69. The standard InChI is InChI=1S/C14H19F5N4O2/c1-8-10(9(2)23(20-8)13(15)16)5-11(24)22(7-14(17,18)19)6-12(25)21(3)4/h13H,5-7H2,1-4H3. The maximum Gasteiger partial charge on any atom is 0.406 e. The van der Waals surface area contributed by atoms with Crippen LogP contribution in [0.3, 0.4) is 0 Å². The molecule has 1 rings (SSSR count). The van der Waals surface area contributed by atoms with Crippen molar-refractivity contribution in [2.45, 2.75) is 33.0 Å². The largest absolute Gasteiger partial charge is 0.406 e. The second kappa shape index (κ2) is 7.79.